The van der Waals surface area contributed by atoms with Crippen LogP contribution in [0.15, 0.2) is 24.3 Å². The van der Waals surface area contributed by atoms with Crippen molar-refractivity contribution in [1.82, 2.24) is 30.0 Å². The van der Waals surface area contributed by atoms with Gasteiger partial charge in [0.2, 0.25) is 11.9 Å². The third-order valence-corrected chi connectivity index (χ3v) is 6.13. The van der Waals surface area contributed by atoms with Crippen LogP contribution in [0.5, 0.6) is 0 Å². The summed E-state index contributed by atoms with van der Waals surface area (Å²) in [7, 11) is 0. The average Bonchev–Trinajstić information content (AvgIpc) is 3.25. The number of fused-ring (bicyclic) bond motifs is 3. The zero-order valence-corrected chi connectivity index (χ0v) is 17.0. The Labute approximate surface area is 174 Å². The van der Waals surface area contributed by atoms with E-state index in [9.17, 15) is 0 Å². The summed E-state index contributed by atoms with van der Waals surface area (Å²) in [6.45, 7) is 2.75. The highest BCUT2D eigenvalue weighted by molar-refractivity contribution is 5.91. The van der Waals surface area contributed by atoms with E-state index in [0.29, 0.717) is 42.3 Å². The third kappa shape index (κ3) is 3.66. The van der Waals surface area contributed by atoms with Gasteiger partial charge in [-0.25, -0.2) is 4.98 Å². The highest BCUT2D eigenvalue weighted by Gasteiger charge is 2.40. The summed E-state index contributed by atoms with van der Waals surface area (Å²) in [6.07, 6.45) is 5.14. The van der Waals surface area contributed by atoms with Crippen molar-refractivity contribution in [3.05, 3.63) is 30.1 Å². The lowest BCUT2D eigenvalue weighted by Gasteiger charge is -2.38. The first-order valence-electron chi connectivity index (χ1n) is 10.5. The van der Waals surface area contributed by atoms with Gasteiger partial charge in [-0.3, -0.25) is 10.00 Å². The average molecular weight is 403 g/mol. The normalized spacial score (nSPS) is 23.4. The molecule has 3 aromatic rings. The molecule has 9 heteroatoms. The summed E-state index contributed by atoms with van der Waals surface area (Å²) in [5.41, 5.74) is 0.874. The number of aromatic amines is 1. The number of H-pyrrole nitrogens is 1. The molecule has 154 valence electrons. The van der Waals surface area contributed by atoms with Gasteiger partial charge in [-0.2, -0.15) is 15.2 Å². The van der Waals surface area contributed by atoms with Gasteiger partial charge >= 0.3 is 0 Å². The van der Waals surface area contributed by atoms with Crippen LogP contribution in [0.1, 0.15) is 37.9 Å². The quantitative estimate of drug-likeness (QED) is 0.574. The monoisotopic (exact) mass is 403 g/mol. The molecule has 2 fully saturated rings. The number of anilines is 3. The minimum absolute atomic E-state index is 0.334. The summed E-state index contributed by atoms with van der Waals surface area (Å²) in [4.78, 5) is 16.4. The Morgan fingerprint density at radius 3 is 2.67 bits per heavy atom. The minimum Gasteiger partial charge on any atom is -0.351 e. The number of hydrogen-bond donors (Lipinski definition) is 3. The highest BCUT2D eigenvalue weighted by atomic mass is 15.3. The molecular formula is C21H25N9. The first kappa shape index (κ1) is 18.8. The van der Waals surface area contributed by atoms with E-state index in [1.165, 1.54) is 12.8 Å². The lowest BCUT2D eigenvalue weighted by Crippen LogP contribution is -2.47. The van der Waals surface area contributed by atoms with E-state index in [2.05, 4.69) is 36.8 Å². The van der Waals surface area contributed by atoms with Crippen molar-refractivity contribution in [1.29, 1.82) is 5.26 Å². The number of nitrogens with one attached hydrogen (secondary N) is 3. The smallest absolute Gasteiger partial charge is 0.247 e. The van der Waals surface area contributed by atoms with Crippen LogP contribution in [-0.4, -0.2) is 54.7 Å². The van der Waals surface area contributed by atoms with E-state index < -0.39 is 0 Å². The Morgan fingerprint density at radius 1 is 1.13 bits per heavy atom. The van der Waals surface area contributed by atoms with Crippen LogP contribution in [0.4, 0.5) is 17.7 Å². The number of hydrogen-bond acceptors (Lipinski definition) is 8. The minimum atomic E-state index is 0.334. The summed E-state index contributed by atoms with van der Waals surface area (Å²) >= 11 is 0. The second-order valence-corrected chi connectivity index (χ2v) is 8.13. The standard InChI is InChI=1S/C21H25N9/c1-13-23-21(29-28-13)27-19-17-5-2-3-6-18(17)25-20(26-19)24-14-11-15-7-8-16(12-14)30(15)10-4-9-22/h2-3,5-6,14-16H,4,7-8,10-12H2,1H3,(H3,23,24,25,26,27,28,29)/t14-,15-,16+. The maximum Gasteiger partial charge on any atom is 0.247 e. The van der Waals surface area contributed by atoms with Crippen molar-refractivity contribution >= 4 is 28.6 Å². The summed E-state index contributed by atoms with van der Waals surface area (Å²) < 4.78 is 0. The molecule has 3 atom stereocenters. The van der Waals surface area contributed by atoms with Crippen molar-refractivity contribution in [2.75, 3.05) is 17.2 Å². The van der Waals surface area contributed by atoms with Gasteiger partial charge in [0, 0.05) is 36.5 Å². The van der Waals surface area contributed by atoms with E-state index in [1.54, 1.807) is 0 Å². The molecule has 0 radical (unpaired) electrons. The number of benzene rings is 1. The molecule has 30 heavy (non-hydrogen) atoms. The van der Waals surface area contributed by atoms with E-state index in [-0.39, 0.29) is 0 Å². The third-order valence-electron chi connectivity index (χ3n) is 6.13. The molecule has 9 nitrogen and oxygen atoms in total. The van der Waals surface area contributed by atoms with Crippen molar-refractivity contribution < 1.29 is 0 Å². The topological polar surface area (TPSA) is 118 Å². The van der Waals surface area contributed by atoms with E-state index in [1.807, 2.05) is 31.2 Å². The molecule has 5 rings (SSSR count). The number of aromatic nitrogens is 5. The van der Waals surface area contributed by atoms with Gasteiger partial charge in [0.25, 0.3) is 0 Å². The molecule has 2 aromatic heterocycles. The predicted molar refractivity (Wildman–Crippen MR) is 114 cm³/mol. The molecule has 1 aromatic carbocycles. The van der Waals surface area contributed by atoms with Crippen LogP contribution >= 0.6 is 0 Å². The summed E-state index contributed by atoms with van der Waals surface area (Å²) in [5, 5.41) is 23.7. The van der Waals surface area contributed by atoms with Crippen LogP contribution in [0.2, 0.25) is 0 Å². The molecule has 0 unspecified atom stereocenters. The van der Waals surface area contributed by atoms with Crippen molar-refractivity contribution in [2.24, 2.45) is 0 Å². The Kier molecular flexibility index (Phi) is 4.93. The first-order chi connectivity index (χ1) is 14.7. The Morgan fingerprint density at radius 2 is 1.93 bits per heavy atom. The summed E-state index contributed by atoms with van der Waals surface area (Å²) in [6, 6.07) is 11.6. The fourth-order valence-electron chi connectivity index (χ4n) is 4.86. The first-order valence-corrected chi connectivity index (χ1v) is 10.5. The second-order valence-electron chi connectivity index (χ2n) is 8.13. The van der Waals surface area contributed by atoms with E-state index in [0.717, 1.165) is 36.1 Å². The van der Waals surface area contributed by atoms with Crippen LogP contribution in [-0.2, 0) is 0 Å². The predicted octanol–water partition coefficient (Wildman–Crippen LogP) is 3.12. The molecule has 0 amide bonds. The Hall–Kier alpha value is -3.25. The van der Waals surface area contributed by atoms with Gasteiger partial charge in [-0.1, -0.05) is 12.1 Å². The van der Waals surface area contributed by atoms with Crippen LogP contribution in [0.3, 0.4) is 0 Å². The second kappa shape index (κ2) is 7.88. The molecule has 2 saturated heterocycles. The summed E-state index contributed by atoms with van der Waals surface area (Å²) in [5.74, 6) is 2.55. The van der Waals surface area contributed by atoms with Crippen molar-refractivity contribution in [3.63, 3.8) is 0 Å². The molecule has 0 saturated carbocycles. The van der Waals surface area contributed by atoms with Gasteiger partial charge in [0.1, 0.15) is 11.6 Å². The molecular weight excluding hydrogens is 378 g/mol. The number of nitrogens with zero attached hydrogens (tertiary/aromatic N) is 6. The molecule has 2 bridgehead atoms. The number of nitriles is 1. The fraction of sp³-hybridized carbons (Fsp3) is 0.476. The van der Waals surface area contributed by atoms with Crippen molar-refractivity contribution in [2.45, 2.75) is 57.2 Å². The van der Waals surface area contributed by atoms with Crippen molar-refractivity contribution in [3.8, 4) is 6.07 Å². The molecule has 2 aliphatic heterocycles. The van der Waals surface area contributed by atoms with Gasteiger partial charge in [0.15, 0.2) is 0 Å². The number of para-hydroxylation sites is 1. The number of rotatable bonds is 6. The maximum atomic E-state index is 8.93. The van der Waals surface area contributed by atoms with Crippen LogP contribution in [0.25, 0.3) is 10.9 Å². The van der Waals surface area contributed by atoms with Gasteiger partial charge in [-0.15, -0.1) is 5.10 Å². The number of aryl methyl sites for hydroxylation is 1. The van der Waals surface area contributed by atoms with Gasteiger partial charge < -0.3 is 10.6 Å². The lowest BCUT2D eigenvalue weighted by atomic mass is 9.97. The molecule has 0 aliphatic carbocycles. The van der Waals surface area contributed by atoms with Gasteiger partial charge in [-0.05, 0) is 44.7 Å². The van der Waals surface area contributed by atoms with Gasteiger partial charge in [0.05, 0.1) is 11.6 Å². The Balaban J connectivity index is 1.37. The zero-order valence-electron chi connectivity index (χ0n) is 17.0. The lowest BCUT2D eigenvalue weighted by molar-refractivity contribution is 0.135. The molecule has 2 aliphatic rings. The van der Waals surface area contributed by atoms with Crippen LogP contribution in [0, 0.1) is 18.3 Å². The number of piperidine rings is 1. The zero-order chi connectivity index (χ0) is 20.5. The highest BCUT2D eigenvalue weighted by Crippen LogP contribution is 2.37. The SMILES string of the molecule is Cc1nc(Nc2nc(N[C@@H]3C[C@H]4CC[C@@H](C3)N4CCC#N)nc3ccccc23)n[nH]1. The maximum absolute atomic E-state index is 8.93. The molecule has 4 heterocycles. The Bertz CT molecular complexity index is 1070. The fourth-order valence-corrected chi connectivity index (χ4v) is 4.86. The largest absolute Gasteiger partial charge is 0.351 e. The molecule has 3 N–H and O–H groups in total. The van der Waals surface area contributed by atoms with Crippen LogP contribution < -0.4 is 10.6 Å². The van der Waals surface area contributed by atoms with E-state index >= 15 is 0 Å². The van der Waals surface area contributed by atoms with E-state index in [4.69, 9.17) is 15.2 Å². The molecule has 0 spiro atoms.